The van der Waals surface area contributed by atoms with Crippen LogP contribution in [0.3, 0.4) is 0 Å². The number of ether oxygens (including phenoxy) is 1. The van der Waals surface area contributed by atoms with Crippen molar-refractivity contribution in [3.8, 4) is 0 Å². The van der Waals surface area contributed by atoms with Crippen LogP contribution in [0.4, 0.5) is 0 Å². The molecule has 2 rings (SSSR count). The van der Waals surface area contributed by atoms with Gasteiger partial charge in [-0.05, 0) is 12.2 Å². The van der Waals surface area contributed by atoms with Crippen LogP contribution in [-0.2, 0) is 4.74 Å². The van der Waals surface area contributed by atoms with E-state index in [4.69, 9.17) is 4.74 Å². The number of aromatic amines is 1. The van der Waals surface area contributed by atoms with Gasteiger partial charge in [0.15, 0.2) is 11.9 Å². The van der Waals surface area contributed by atoms with Gasteiger partial charge in [0.25, 0.3) is 0 Å². The minimum atomic E-state index is -0.0463. The molecule has 1 aliphatic heterocycles. The van der Waals surface area contributed by atoms with Crippen molar-refractivity contribution < 1.29 is 4.74 Å². The van der Waals surface area contributed by atoms with Gasteiger partial charge in [0.1, 0.15) is 0 Å². The summed E-state index contributed by atoms with van der Waals surface area (Å²) in [6.07, 6.45) is 10.8. The number of H-pyrrole nitrogens is 1. The van der Waals surface area contributed by atoms with Gasteiger partial charge in [-0.3, -0.25) is 0 Å². The number of imidazole rings is 1. The SMILES string of the molecule is C1=COC(c2ncc[nH]2)C=C1. The molecule has 1 aromatic rings. The van der Waals surface area contributed by atoms with E-state index in [2.05, 4.69) is 9.97 Å². The second-order valence-electron chi connectivity index (χ2n) is 2.24. The number of nitrogens with zero attached hydrogens (tertiary/aromatic N) is 1. The Balaban J connectivity index is 2.19. The molecule has 1 unspecified atom stereocenters. The largest absolute Gasteiger partial charge is 0.486 e. The third-order valence-electron chi connectivity index (χ3n) is 1.49. The number of hydrogen-bond acceptors (Lipinski definition) is 2. The van der Waals surface area contributed by atoms with Crippen molar-refractivity contribution in [2.45, 2.75) is 6.10 Å². The van der Waals surface area contributed by atoms with Gasteiger partial charge in [0, 0.05) is 12.4 Å². The third-order valence-corrected chi connectivity index (χ3v) is 1.49. The van der Waals surface area contributed by atoms with Crippen LogP contribution < -0.4 is 0 Å². The summed E-state index contributed by atoms with van der Waals surface area (Å²) in [4.78, 5) is 7.06. The minimum Gasteiger partial charge on any atom is -0.486 e. The van der Waals surface area contributed by atoms with Crippen LogP contribution in [-0.4, -0.2) is 9.97 Å². The zero-order valence-electron chi connectivity index (χ0n) is 5.90. The van der Waals surface area contributed by atoms with Crippen molar-refractivity contribution in [1.29, 1.82) is 0 Å². The van der Waals surface area contributed by atoms with E-state index in [0.717, 1.165) is 5.82 Å². The molecule has 3 heteroatoms. The Hall–Kier alpha value is -1.51. The summed E-state index contributed by atoms with van der Waals surface area (Å²) in [5.74, 6) is 0.839. The molecule has 0 amide bonds. The van der Waals surface area contributed by atoms with Gasteiger partial charge in [0.05, 0.1) is 6.26 Å². The van der Waals surface area contributed by atoms with Crippen molar-refractivity contribution in [2.24, 2.45) is 0 Å². The van der Waals surface area contributed by atoms with E-state index in [1.165, 1.54) is 0 Å². The maximum Gasteiger partial charge on any atom is 0.174 e. The summed E-state index contributed by atoms with van der Waals surface area (Å²) in [7, 11) is 0. The molecule has 2 heterocycles. The van der Waals surface area contributed by atoms with Crippen LogP contribution >= 0.6 is 0 Å². The van der Waals surface area contributed by atoms with Crippen molar-refractivity contribution >= 4 is 0 Å². The first-order valence-corrected chi connectivity index (χ1v) is 3.45. The number of allylic oxidation sites excluding steroid dienone is 2. The number of rotatable bonds is 1. The summed E-state index contributed by atoms with van der Waals surface area (Å²) < 4.78 is 5.26. The first-order chi connectivity index (χ1) is 5.47. The topological polar surface area (TPSA) is 37.9 Å². The molecule has 0 radical (unpaired) electrons. The van der Waals surface area contributed by atoms with Crippen LogP contribution in [0.5, 0.6) is 0 Å². The fourth-order valence-corrected chi connectivity index (χ4v) is 0.974. The molecule has 0 fully saturated rings. The quantitative estimate of drug-likeness (QED) is 0.656. The molecule has 56 valence electrons. The van der Waals surface area contributed by atoms with Gasteiger partial charge in [-0.15, -0.1) is 0 Å². The van der Waals surface area contributed by atoms with Crippen molar-refractivity contribution in [1.82, 2.24) is 9.97 Å². The predicted octanol–water partition coefficient (Wildman–Crippen LogP) is 1.55. The Kier molecular flexibility index (Phi) is 1.48. The smallest absolute Gasteiger partial charge is 0.174 e. The van der Waals surface area contributed by atoms with E-state index < -0.39 is 0 Å². The standard InChI is InChI=1S/C8H8N2O/c1-2-6-11-7(3-1)8-9-4-5-10-8/h1-7H,(H,9,10). The molecule has 0 saturated heterocycles. The fraction of sp³-hybridized carbons (Fsp3) is 0.125. The molecule has 0 spiro atoms. The monoisotopic (exact) mass is 148 g/mol. The molecule has 11 heavy (non-hydrogen) atoms. The van der Waals surface area contributed by atoms with E-state index in [1.54, 1.807) is 18.7 Å². The van der Waals surface area contributed by atoms with E-state index in [0.29, 0.717) is 0 Å². The average molecular weight is 148 g/mol. The molecule has 1 aliphatic rings. The second kappa shape index (κ2) is 2.62. The van der Waals surface area contributed by atoms with Crippen LogP contribution in [0.25, 0.3) is 0 Å². The number of nitrogens with one attached hydrogen (secondary N) is 1. The number of hydrogen-bond donors (Lipinski definition) is 1. The first-order valence-electron chi connectivity index (χ1n) is 3.45. The minimum absolute atomic E-state index is 0.0463. The molecule has 0 aliphatic carbocycles. The second-order valence-corrected chi connectivity index (χ2v) is 2.24. The van der Waals surface area contributed by atoms with Crippen LogP contribution in [0, 0.1) is 0 Å². The highest BCUT2D eigenvalue weighted by molar-refractivity contribution is 5.12. The maximum absolute atomic E-state index is 5.26. The zero-order valence-corrected chi connectivity index (χ0v) is 5.90. The summed E-state index contributed by atoms with van der Waals surface area (Å²) in [6, 6.07) is 0. The van der Waals surface area contributed by atoms with Crippen molar-refractivity contribution in [3.05, 3.63) is 42.7 Å². The Morgan fingerprint density at radius 3 is 3.09 bits per heavy atom. The van der Waals surface area contributed by atoms with E-state index >= 15 is 0 Å². The molecular formula is C8H8N2O. The van der Waals surface area contributed by atoms with Crippen LogP contribution in [0.1, 0.15) is 11.9 Å². The lowest BCUT2D eigenvalue weighted by atomic mass is 10.3. The lowest BCUT2D eigenvalue weighted by Gasteiger charge is -2.11. The Morgan fingerprint density at radius 1 is 1.45 bits per heavy atom. The fourth-order valence-electron chi connectivity index (χ4n) is 0.974. The van der Waals surface area contributed by atoms with Crippen molar-refractivity contribution in [2.75, 3.05) is 0 Å². The summed E-state index contributed by atoms with van der Waals surface area (Å²) in [6.45, 7) is 0. The van der Waals surface area contributed by atoms with Gasteiger partial charge in [-0.1, -0.05) is 6.08 Å². The molecular weight excluding hydrogens is 140 g/mol. The van der Waals surface area contributed by atoms with Crippen LogP contribution in [0.15, 0.2) is 36.9 Å². The molecule has 3 nitrogen and oxygen atoms in total. The molecule has 1 atom stereocenters. The highest BCUT2D eigenvalue weighted by Gasteiger charge is 2.10. The van der Waals surface area contributed by atoms with Gasteiger partial charge < -0.3 is 9.72 Å². The lowest BCUT2D eigenvalue weighted by molar-refractivity contribution is 0.178. The van der Waals surface area contributed by atoms with Gasteiger partial charge in [-0.2, -0.15) is 0 Å². The Bertz CT molecular complexity index is 274. The van der Waals surface area contributed by atoms with E-state index in [-0.39, 0.29) is 6.10 Å². The average Bonchev–Trinajstić information content (AvgIpc) is 2.58. The van der Waals surface area contributed by atoms with Gasteiger partial charge in [0.2, 0.25) is 0 Å². The highest BCUT2D eigenvalue weighted by Crippen LogP contribution is 2.17. The van der Waals surface area contributed by atoms with E-state index in [9.17, 15) is 0 Å². The van der Waals surface area contributed by atoms with Crippen LogP contribution in [0.2, 0.25) is 0 Å². The summed E-state index contributed by atoms with van der Waals surface area (Å²) >= 11 is 0. The van der Waals surface area contributed by atoms with E-state index in [1.807, 2.05) is 18.2 Å². The molecule has 0 bridgehead atoms. The predicted molar refractivity (Wildman–Crippen MR) is 40.7 cm³/mol. The maximum atomic E-state index is 5.26. The zero-order chi connectivity index (χ0) is 7.52. The van der Waals surface area contributed by atoms with Gasteiger partial charge >= 0.3 is 0 Å². The summed E-state index contributed by atoms with van der Waals surface area (Å²) in [5.41, 5.74) is 0. The third kappa shape index (κ3) is 1.17. The van der Waals surface area contributed by atoms with Gasteiger partial charge in [-0.25, -0.2) is 4.98 Å². The molecule has 1 N–H and O–H groups in total. The molecule has 0 aromatic carbocycles. The van der Waals surface area contributed by atoms with Crippen molar-refractivity contribution in [3.63, 3.8) is 0 Å². The molecule has 1 aromatic heterocycles. The Labute approximate surface area is 64.4 Å². The Morgan fingerprint density at radius 2 is 2.45 bits per heavy atom. The first kappa shape index (κ1) is 6.22. The highest BCUT2D eigenvalue weighted by atomic mass is 16.5. The number of aromatic nitrogens is 2. The lowest BCUT2D eigenvalue weighted by Crippen LogP contribution is -2.00. The normalized spacial score (nSPS) is 21.6. The summed E-state index contributed by atoms with van der Waals surface area (Å²) in [5, 5.41) is 0. The molecule has 0 saturated carbocycles.